The van der Waals surface area contributed by atoms with E-state index < -0.39 is 6.10 Å². The molecule has 2 atom stereocenters. The van der Waals surface area contributed by atoms with E-state index in [4.69, 9.17) is 17.3 Å². The Bertz CT molecular complexity index is 535. The minimum atomic E-state index is -0.542. The van der Waals surface area contributed by atoms with Gasteiger partial charge in [0, 0.05) is 21.7 Å². The molecule has 2 rings (SSSR count). The van der Waals surface area contributed by atoms with Crippen LogP contribution >= 0.6 is 23.4 Å². The number of aliphatic hydroxyl groups is 1. The van der Waals surface area contributed by atoms with Crippen molar-refractivity contribution < 1.29 is 5.11 Å². The number of hydrogen-bond acceptors (Lipinski definition) is 3. The quantitative estimate of drug-likeness (QED) is 0.804. The molecule has 0 spiro atoms. The third-order valence-electron chi connectivity index (χ3n) is 3.03. The van der Waals surface area contributed by atoms with Gasteiger partial charge in [-0.2, -0.15) is 0 Å². The second-order valence-electron chi connectivity index (χ2n) is 4.69. The first-order chi connectivity index (χ1) is 9.65. The molecule has 0 radical (unpaired) electrons. The summed E-state index contributed by atoms with van der Waals surface area (Å²) in [6, 6.07) is 17.3. The van der Waals surface area contributed by atoms with Gasteiger partial charge in [-0.3, -0.25) is 0 Å². The third-order valence-corrected chi connectivity index (χ3v) is 4.36. The summed E-state index contributed by atoms with van der Waals surface area (Å²) >= 11 is 7.50. The highest BCUT2D eigenvalue weighted by molar-refractivity contribution is 7.99. The Kier molecular flexibility index (Phi) is 5.92. The van der Waals surface area contributed by atoms with E-state index in [1.54, 1.807) is 11.8 Å². The Labute approximate surface area is 129 Å². The van der Waals surface area contributed by atoms with Gasteiger partial charge in [0.05, 0.1) is 6.10 Å². The Morgan fingerprint density at radius 2 is 1.85 bits per heavy atom. The van der Waals surface area contributed by atoms with E-state index in [-0.39, 0.29) is 6.04 Å². The minimum Gasteiger partial charge on any atom is -0.391 e. The standard InChI is InChI=1S/C16H18ClNOS/c17-13-7-4-8-14(10-13)20-11-16(19)15(18)9-12-5-2-1-3-6-12/h1-8,10,15-16,19H,9,11,18H2. The summed E-state index contributed by atoms with van der Waals surface area (Å²) in [4.78, 5) is 1.04. The first kappa shape index (κ1) is 15.4. The zero-order valence-electron chi connectivity index (χ0n) is 11.1. The van der Waals surface area contributed by atoms with Gasteiger partial charge in [-0.15, -0.1) is 11.8 Å². The zero-order valence-corrected chi connectivity index (χ0v) is 12.6. The second-order valence-corrected chi connectivity index (χ2v) is 6.22. The molecule has 0 saturated carbocycles. The average Bonchev–Trinajstić information content (AvgIpc) is 2.46. The minimum absolute atomic E-state index is 0.260. The van der Waals surface area contributed by atoms with E-state index >= 15 is 0 Å². The fourth-order valence-electron chi connectivity index (χ4n) is 1.88. The number of hydrogen-bond donors (Lipinski definition) is 2. The predicted octanol–water partition coefficient (Wildman–Crippen LogP) is 3.36. The molecule has 0 aliphatic carbocycles. The average molecular weight is 308 g/mol. The molecule has 0 heterocycles. The lowest BCUT2D eigenvalue weighted by molar-refractivity contribution is 0.167. The summed E-state index contributed by atoms with van der Waals surface area (Å²) in [6.45, 7) is 0. The lowest BCUT2D eigenvalue weighted by atomic mass is 10.0. The van der Waals surface area contributed by atoms with Crippen LogP contribution in [-0.4, -0.2) is 23.0 Å². The smallest absolute Gasteiger partial charge is 0.0788 e. The Balaban J connectivity index is 1.83. The number of nitrogens with two attached hydrogens (primary N) is 1. The lowest BCUT2D eigenvalue weighted by Gasteiger charge is -2.18. The number of benzene rings is 2. The van der Waals surface area contributed by atoms with Gasteiger partial charge in [-0.25, -0.2) is 0 Å². The van der Waals surface area contributed by atoms with E-state index in [2.05, 4.69) is 0 Å². The number of aliphatic hydroxyl groups excluding tert-OH is 1. The first-order valence-corrected chi connectivity index (χ1v) is 7.87. The zero-order chi connectivity index (χ0) is 14.4. The van der Waals surface area contributed by atoms with Gasteiger partial charge in [0.1, 0.15) is 0 Å². The molecule has 0 fully saturated rings. The van der Waals surface area contributed by atoms with Gasteiger partial charge in [-0.05, 0) is 30.2 Å². The fourth-order valence-corrected chi connectivity index (χ4v) is 3.13. The molecule has 0 aliphatic rings. The van der Waals surface area contributed by atoms with E-state index in [0.717, 1.165) is 10.5 Å². The van der Waals surface area contributed by atoms with Gasteiger partial charge in [0.2, 0.25) is 0 Å². The van der Waals surface area contributed by atoms with Crippen LogP contribution in [0.5, 0.6) is 0 Å². The van der Waals surface area contributed by atoms with E-state index in [9.17, 15) is 5.11 Å². The molecule has 0 aliphatic heterocycles. The summed E-state index contributed by atoms with van der Waals surface area (Å²) in [5, 5.41) is 10.8. The van der Waals surface area contributed by atoms with Crippen LogP contribution in [0.25, 0.3) is 0 Å². The van der Waals surface area contributed by atoms with E-state index in [1.165, 1.54) is 0 Å². The molecule has 0 saturated heterocycles. The molecule has 0 amide bonds. The van der Waals surface area contributed by atoms with Crippen LogP contribution in [0.1, 0.15) is 5.56 Å². The van der Waals surface area contributed by atoms with Crippen LogP contribution in [0.3, 0.4) is 0 Å². The largest absolute Gasteiger partial charge is 0.391 e. The van der Waals surface area contributed by atoms with Crippen molar-refractivity contribution in [2.45, 2.75) is 23.5 Å². The lowest BCUT2D eigenvalue weighted by Crippen LogP contribution is -2.38. The number of halogens is 1. The van der Waals surface area contributed by atoms with Crippen molar-refractivity contribution in [2.24, 2.45) is 5.73 Å². The number of thioether (sulfide) groups is 1. The molecule has 2 aromatic carbocycles. The normalized spacial score (nSPS) is 13.9. The molecule has 2 aromatic rings. The molecule has 20 heavy (non-hydrogen) atoms. The topological polar surface area (TPSA) is 46.2 Å². The van der Waals surface area contributed by atoms with Gasteiger partial charge in [-0.1, -0.05) is 48.0 Å². The Hall–Kier alpha value is -1.00. The van der Waals surface area contributed by atoms with Crippen LogP contribution in [0, 0.1) is 0 Å². The molecule has 4 heteroatoms. The van der Waals surface area contributed by atoms with E-state index in [0.29, 0.717) is 17.2 Å². The van der Waals surface area contributed by atoms with Crippen LogP contribution in [0.4, 0.5) is 0 Å². The molecule has 0 aromatic heterocycles. The van der Waals surface area contributed by atoms with Crippen molar-refractivity contribution >= 4 is 23.4 Å². The van der Waals surface area contributed by atoms with Gasteiger partial charge < -0.3 is 10.8 Å². The monoisotopic (exact) mass is 307 g/mol. The van der Waals surface area contributed by atoms with Crippen LogP contribution < -0.4 is 5.73 Å². The molecule has 106 valence electrons. The van der Waals surface area contributed by atoms with Crippen molar-refractivity contribution in [3.63, 3.8) is 0 Å². The van der Waals surface area contributed by atoms with Gasteiger partial charge in [0.25, 0.3) is 0 Å². The Morgan fingerprint density at radius 3 is 2.55 bits per heavy atom. The molecular formula is C16H18ClNOS. The van der Waals surface area contributed by atoms with Crippen molar-refractivity contribution in [3.05, 3.63) is 65.2 Å². The summed E-state index contributed by atoms with van der Waals surface area (Å²) < 4.78 is 0. The Morgan fingerprint density at radius 1 is 1.10 bits per heavy atom. The maximum Gasteiger partial charge on any atom is 0.0788 e. The predicted molar refractivity (Wildman–Crippen MR) is 86.3 cm³/mol. The maximum absolute atomic E-state index is 10.1. The SMILES string of the molecule is NC(Cc1ccccc1)C(O)CSc1cccc(Cl)c1. The van der Waals surface area contributed by atoms with Gasteiger partial charge >= 0.3 is 0 Å². The molecule has 3 N–H and O–H groups in total. The highest BCUT2D eigenvalue weighted by atomic mass is 35.5. The molecule has 0 bridgehead atoms. The molecular weight excluding hydrogens is 290 g/mol. The molecule has 2 nitrogen and oxygen atoms in total. The van der Waals surface area contributed by atoms with Crippen LogP contribution in [0.2, 0.25) is 5.02 Å². The van der Waals surface area contributed by atoms with Crippen molar-refractivity contribution in [1.29, 1.82) is 0 Å². The van der Waals surface area contributed by atoms with Crippen molar-refractivity contribution in [3.8, 4) is 0 Å². The van der Waals surface area contributed by atoms with Crippen molar-refractivity contribution in [1.82, 2.24) is 0 Å². The molecule has 2 unspecified atom stereocenters. The van der Waals surface area contributed by atoms with Gasteiger partial charge in [0.15, 0.2) is 0 Å². The highest BCUT2D eigenvalue weighted by Gasteiger charge is 2.15. The summed E-state index contributed by atoms with van der Waals surface area (Å²) in [7, 11) is 0. The van der Waals surface area contributed by atoms with E-state index in [1.807, 2.05) is 54.6 Å². The number of rotatable bonds is 6. The summed E-state index contributed by atoms with van der Waals surface area (Å²) in [6.07, 6.45) is 0.136. The first-order valence-electron chi connectivity index (χ1n) is 6.51. The summed E-state index contributed by atoms with van der Waals surface area (Å²) in [5.74, 6) is 0.564. The third kappa shape index (κ3) is 4.84. The fraction of sp³-hybridized carbons (Fsp3) is 0.250. The van der Waals surface area contributed by atoms with Crippen LogP contribution in [-0.2, 0) is 6.42 Å². The van der Waals surface area contributed by atoms with Crippen LogP contribution in [0.15, 0.2) is 59.5 Å². The van der Waals surface area contributed by atoms with Crippen molar-refractivity contribution in [2.75, 3.05) is 5.75 Å². The second kappa shape index (κ2) is 7.70. The highest BCUT2D eigenvalue weighted by Crippen LogP contribution is 2.23. The summed E-state index contributed by atoms with van der Waals surface area (Å²) in [5.41, 5.74) is 7.20. The maximum atomic E-state index is 10.1.